The second-order valence-corrected chi connectivity index (χ2v) is 8.70. The van der Waals surface area contributed by atoms with Crippen LogP contribution in [0, 0.1) is 0 Å². The molecule has 0 atom stereocenters. The number of anilines is 2. The van der Waals surface area contributed by atoms with E-state index < -0.39 is 11.7 Å². The summed E-state index contributed by atoms with van der Waals surface area (Å²) in [5, 5.41) is 0. The number of piperidine rings is 1. The van der Waals surface area contributed by atoms with Crippen LogP contribution in [0.1, 0.15) is 30.1 Å². The molecule has 0 radical (unpaired) electrons. The SMILES string of the molecule is COc1ccc(-c2c(N)ncnc2N2CCC(c3nc(-c4cccc(C(F)(F)F)c4)c[nH]3)CC2)cc1. The Morgan fingerprint density at radius 1 is 1.03 bits per heavy atom. The van der Waals surface area contributed by atoms with E-state index in [-0.39, 0.29) is 5.92 Å². The molecule has 5 rings (SSSR count). The summed E-state index contributed by atoms with van der Waals surface area (Å²) in [7, 11) is 1.62. The first-order valence-electron chi connectivity index (χ1n) is 11.6. The van der Waals surface area contributed by atoms with Gasteiger partial charge in [0.05, 0.1) is 23.9 Å². The number of benzene rings is 2. The van der Waals surface area contributed by atoms with Gasteiger partial charge in [-0.05, 0) is 42.7 Å². The Balaban J connectivity index is 1.32. The molecule has 7 nitrogen and oxygen atoms in total. The quantitative estimate of drug-likeness (QED) is 0.379. The lowest BCUT2D eigenvalue weighted by molar-refractivity contribution is -0.137. The highest BCUT2D eigenvalue weighted by Crippen LogP contribution is 2.37. The summed E-state index contributed by atoms with van der Waals surface area (Å²) < 4.78 is 44.5. The molecular weight excluding hydrogens is 469 g/mol. The molecule has 1 fully saturated rings. The number of halogens is 3. The van der Waals surface area contributed by atoms with E-state index >= 15 is 0 Å². The summed E-state index contributed by atoms with van der Waals surface area (Å²) in [5.41, 5.74) is 8.19. The predicted octanol–water partition coefficient (Wildman–Crippen LogP) is 5.53. The van der Waals surface area contributed by atoms with Gasteiger partial charge in [0.25, 0.3) is 0 Å². The lowest BCUT2D eigenvalue weighted by Gasteiger charge is -2.33. The fraction of sp³-hybridized carbons (Fsp3) is 0.269. The molecule has 1 saturated heterocycles. The number of rotatable bonds is 5. The standard InChI is InChI=1S/C26H25F3N6O/c1-36-20-7-5-16(6-8-20)22-23(30)32-15-33-25(22)35-11-9-17(10-12-35)24-31-14-21(34-24)18-3-2-4-19(13-18)26(27,28)29/h2-8,13-15,17H,9-12H2,1H3,(H,31,34)(H2,30,32,33). The van der Waals surface area contributed by atoms with Crippen molar-refractivity contribution < 1.29 is 17.9 Å². The van der Waals surface area contributed by atoms with Crippen LogP contribution in [0.2, 0.25) is 0 Å². The van der Waals surface area contributed by atoms with Crippen LogP contribution in [0.4, 0.5) is 24.8 Å². The molecule has 0 unspecified atom stereocenters. The summed E-state index contributed by atoms with van der Waals surface area (Å²) in [5.74, 6) is 2.86. The second-order valence-electron chi connectivity index (χ2n) is 8.70. The zero-order valence-corrected chi connectivity index (χ0v) is 19.6. The van der Waals surface area contributed by atoms with Crippen molar-refractivity contribution in [2.45, 2.75) is 24.9 Å². The van der Waals surface area contributed by atoms with Gasteiger partial charge in [-0.25, -0.2) is 15.0 Å². The number of hydrogen-bond donors (Lipinski definition) is 2. The van der Waals surface area contributed by atoms with Crippen molar-refractivity contribution >= 4 is 11.6 Å². The number of H-pyrrole nitrogens is 1. The highest BCUT2D eigenvalue weighted by Gasteiger charge is 2.31. The lowest BCUT2D eigenvalue weighted by Crippen LogP contribution is -2.34. The molecule has 2 aromatic carbocycles. The molecule has 0 amide bonds. The number of aromatic nitrogens is 4. The average Bonchev–Trinajstić information content (AvgIpc) is 3.39. The van der Waals surface area contributed by atoms with Crippen molar-refractivity contribution in [1.82, 2.24) is 19.9 Å². The Morgan fingerprint density at radius 3 is 2.47 bits per heavy atom. The number of ether oxygens (including phenoxy) is 1. The Hall–Kier alpha value is -4.08. The third kappa shape index (κ3) is 4.71. The molecule has 10 heteroatoms. The number of alkyl halides is 3. The van der Waals surface area contributed by atoms with E-state index in [1.165, 1.54) is 12.4 Å². The molecule has 3 N–H and O–H groups in total. The summed E-state index contributed by atoms with van der Waals surface area (Å²) in [6, 6.07) is 12.8. The third-order valence-corrected chi connectivity index (χ3v) is 6.50. The smallest absolute Gasteiger partial charge is 0.416 e. The molecule has 0 aliphatic carbocycles. The molecule has 0 bridgehead atoms. The van der Waals surface area contributed by atoms with Crippen molar-refractivity contribution in [3.63, 3.8) is 0 Å². The first kappa shape index (κ1) is 23.7. The maximum Gasteiger partial charge on any atom is 0.416 e. The van der Waals surface area contributed by atoms with Gasteiger partial charge in [0, 0.05) is 30.8 Å². The third-order valence-electron chi connectivity index (χ3n) is 6.50. The van der Waals surface area contributed by atoms with E-state index in [1.54, 1.807) is 19.4 Å². The van der Waals surface area contributed by atoms with Gasteiger partial charge < -0.3 is 20.4 Å². The van der Waals surface area contributed by atoms with Crippen LogP contribution >= 0.6 is 0 Å². The highest BCUT2D eigenvalue weighted by atomic mass is 19.4. The van der Waals surface area contributed by atoms with E-state index in [0.717, 1.165) is 66.6 Å². The van der Waals surface area contributed by atoms with E-state index in [4.69, 9.17) is 10.5 Å². The minimum atomic E-state index is -4.39. The first-order valence-corrected chi connectivity index (χ1v) is 11.6. The van der Waals surface area contributed by atoms with E-state index in [0.29, 0.717) is 17.1 Å². The predicted molar refractivity (Wildman–Crippen MR) is 132 cm³/mol. The van der Waals surface area contributed by atoms with Crippen LogP contribution in [-0.4, -0.2) is 40.1 Å². The molecule has 2 aromatic heterocycles. The first-order chi connectivity index (χ1) is 17.3. The Kier molecular flexibility index (Phi) is 6.26. The van der Waals surface area contributed by atoms with Gasteiger partial charge >= 0.3 is 6.18 Å². The lowest BCUT2D eigenvalue weighted by atomic mass is 9.95. The van der Waals surface area contributed by atoms with Gasteiger partial charge in [-0.1, -0.05) is 24.3 Å². The van der Waals surface area contributed by atoms with E-state index in [1.807, 2.05) is 24.3 Å². The maximum atomic E-state index is 13.1. The Bertz CT molecular complexity index is 1340. The van der Waals surface area contributed by atoms with Crippen LogP contribution in [0.5, 0.6) is 5.75 Å². The van der Waals surface area contributed by atoms with Gasteiger partial charge in [0.2, 0.25) is 0 Å². The number of nitrogens with two attached hydrogens (primary N) is 1. The van der Waals surface area contributed by atoms with Crippen molar-refractivity contribution in [2.24, 2.45) is 0 Å². The number of aromatic amines is 1. The molecule has 186 valence electrons. The molecule has 0 spiro atoms. The van der Waals surface area contributed by atoms with Gasteiger partial charge in [0.1, 0.15) is 29.5 Å². The normalized spacial score (nSPS) is 14.7. The van der Waals surface area contributed by atoms with E-state index in [2.05, 4.69) is 24.8 Å². The van der Waals surface area contributed by atoms with Crippen molar-refractivity contribution in [2.75, 3.05) is 30.8 Å². The molecule has 4 aromatic rings. The number of hydrogen-bond acceptors (Lipinski definition) is 6. The second kappa shape index (κ2) is 9.52. The molecule has 3 heterocycles. The van der Waals surface area contributed by atoms with Crippen molar-refractivity contribution in [1.29, 1.82) is 0 Å². The monoisotopic (exact) mass is 494 g/mol. The number of methoxy groups -OCH3 is 1. The zero-order valence-electron chi connectivity index (χ0n) is 19.6. The fourth-order valence-electron chi connectivity index (χ4n) is 4.58. The maximum absolute atomic E-state index is 13.1. The summed E-state index contributed by atoms with van der Waals surface area (Å²) in [6.45, 7) is 1.45. The summed E-state index contributed by atoms with van der Waals surface area (Å²) in [6.07, 6.45) is 0.363. The zero-order chi connectivity index (χ0) is 25.3. The topological polar surface area (TPSA) is 92.9 Å². The number of imidazole rings is 1. The van der Waals surface area contributed by atoms with Crippen molar-refractivity contribution in [3.05, 3.63) is 72.4 Å². The van der Waals surface area contributed by atoms with Gasteiger partial charge in [-0.2, -0.15) is 13.2 Å². The minimum Gasteiger partial charge on any atom is -0.497 e. The van der Waals surface area contributed by atoms with Crippen molar-refractivity contribution in [3.8, 4) is 28.1 Å². The van der Waals surface area contributed by atoms with Crippen LogP contribution in [0.25, 0.3) is 22.4 Å². The molecule has 0 saturated carbocycles. The molecule has 1 aliphatic heterocycles. The number of nitrogens with one attached hydrogen (secondary N) is 1. The van der Waals surface area contributed by atoms with Crippen LogP contribution in [0.3, 0.4) is 0 Å². The summed E-state index contributed by atoms with van der Waals surface area (Å²) >= 11 is 0. The van der Waals surface area contributed by atoms with Gasteiger partial charge in [0.15, 0.2) is 0 Å². The van der Waals surface area contributed by atoms with Crippen LogP contribution < -0.4 is 15.4 Å². The Morgan fingerprint density at radius 2 is 1.78 bits per heavy atom. The largest absolute Gasteiger partial charge is 0.497 e. The van der Waals surface area contributed by atoms with E-state index in [9.17, 15) is 13.2 Å². The van der Waals surface area contributed by atoms with Crippen LogP contribution in [0.15, 0.2) is 61.1 Å². The molecule has 1 aliphatic rings. The number of nitrogen functional groups attached to an aromatic ring is 1. The summed E-state index contributed by atoms with van der Waals surface area (Å²) in [4.78, 5) is 18.7. The molecular formula is C26H25F3N6O. The van der Waals surface area contributed by atoms with Crippen LogP contribution in [-0.2, 0) is 6.18 Å². The minimum absolute atomic E-state index is 0.157. The van der Waals surface area contributed by atoms with Gasteiger partial charge in [-0.15, -0.1) is 0 Å². The van der Waals surface area contributed by atoms with Gasteiger partial charge in [-0.3, -0.25) is 0 Å². The fourth-order valence-corrected chi connectivity index (χ4v) is 4.58. The highest BCUT2D eigenvalue weighted by molar-refractivity contribution is 5.84. The Labute approximate surface area is 206 Å². The number of nitrogens with zero attached hydrogens (tertiary/aromatic N) is 4. The average molecular weight is 495 g/mol. The molecule has 36 heavy (non-hydrogen) atoms.